The second-order valence-electron chi connectivity index (χ2n) is 8.99. The summed E-state index contributed by atoms with van der Waals surface area (Å²) in [5.41, 5.74) is 6.53. The molecular formula is C23H42N2O18. The summed E-state index contributed by atoms with van der Waals surface area (Å²) in [4.78, 5) is 44.0. The molecule has 2 saturated heterocycles. The lowest BCUT2D eigenvalue weighted by molar-refractivity contribution is -0.446. The largest absolute Gasteiger partial charge is 0.544 e. The van der Waals surface area contributed by atoms with Crippen molar-refractivity contribution in [2.45, 2.75) is 80.9 Å². The van der Waals surface area contributed by atoms with E-state index in [1.807, 2.05) is 0 Å². The molecular weight excluding hydrogens is 592 g/mol. The van der Waals surface area contributed by atoms with E-state index in [1.54, 1.807) is 0 Å². The van der Waals surface area contributed by atoms with Gasteiger partial charge in [0.15, 0.2) is 30.8 Å². The highest BCUT2D eigenvalue weighted by molar-refractivity contribution is 5.77. The number of carbonyl (C=O) groups is 4. The van der Waals surface area contributed by atoms with Crippen molar-refractivity contribution < 1.29 is 99.2 Å². The van der Waals surface area contributed by atoms with Crippen LogP contribution in [0, 0.1) is 0 Å². The molecule has 6 unspecified atom stereocenters. The van der Waals surface area contributed by atoms with Crippen LogP contribution in [0.3, 0.4) is 0 Å². The molecule has 0 aliphatic carbocycles. The van der Waals surface area contributed by atoms with Crippen LogP contribution in [0.2, 0.25) is 0 Å². The number of quaternary nitrogens is 2. The molecule has 0 spiro atoms. The Morgan fingerprint density at radius 3 is 1.63 bits per heavy atom. The lowest BCUT2D eigenvalue weighted by Crippen LogP contribution is -2.71. The number of aliphatic carboxylic acids is 3. The molecule has 252 valence electrons. The SMILES string of the molecule is C.COC1OC(C(=O)O)[C@@H](OC)[C@H](O)[C@H]1OCC([NH3+])C(=O)[O-].COC1OC(C(=O)OCC([NH3+])C(=O)[O-])[C@@H](OC)[C@H](O)[C@H]1O. The number of carbonyl (C=O) groups excluding carboxylic acids is 3. The van der Waals surface area contributed by atoms with Crippen LogP contribution in [0.4, 0.5) is 0 Å². The first-order valence-electron chi connectivity index (χ1n) is 12.2. The van der Waals surface area contributed by atoms with Crippen LogP contribution in [0.1, 0.15) is 7.43 Å². The lowest BCUT2D eigenvalue weighted by atomic mass is 9.98. The number of hydrogen-bond acceptors (Lipinski definition) is 17. The summed E-state index contributed by atoms with van der Waals surface area (Å²) in [7, 11) is 4.88. The van der Waals surface area contributed by atoms with Crippen LogP contribution in [0.25, 0.3) is 0 Å². The van der Waals surface area contributed by atoms with Crippen molar-refractivity contribution in [1.82, 2.24) is 0 Å². The summed E-state index contributed by atoms with van der Waals surface area (Å²) in [5.74, 6) is -5.18. The summed E-state index contributed by atoms with van der Waals surface area (Å²) in [6.07, 6.45) is -13.0. The standard InChI is InChI=1S/2C11H19NO9.CH4/c1-18-7-5(13)6(14)11(19-2)21-8(7)10(17)20-3-4(12)9(15)16;1-18-6-5(13)7(20-3-4(12)9(14)15)11(19-2)21-8(6)10(16)17;/h4-8,11,13-14H,3,12H2,1-2H3,(H,15,16);4-8,11,13H,3,12H2,1-2H3,(H,14,15)(H,16,17);1H4/t2*4?,5-,6-,7+,8?,11?;/m10./s1. The maximum atomic E-state index is 11.9. The molecule has 0 saturated carbocycles. The van der Waals surface area contributed by atoms with Gasteiger partial charge in [-0.3, -0.25) is 0 Å². The van der Waals surface area contributed by atoms with Crippen molar-refractivity contribution in [3.05, 3.63) is 0 Å². The highest BCUT2D eigenvalue weighted by atomic mass is 16.7. The second-order valence-corrected chi connectivity index (χ2v) is 8.99. The molecule has 10 N–H and O–H groups in total. The molecule has 2 aliphatic rings. The molecule has 0 bridgehead atoms. The molecule has 12 atom stereocenters. The molecule has 2 heterocycles. The highest BCUT2D eigenvalue weighted by Gasteiger charge is 2.50. The van der Waals surface area contributed by atoms with Crippen LogP contribution < -0.4 is 21.7 Å². The number of methoxy groups -OCH3 is 4. The van der Waals surface area contributed by atoms with Gasteiger partial charge in [0.25, 0.3) is 0 Å². The van der Waals surface area contributed by atoms with Crippen LogP contribution in [0.15, 0.2) is 0 Å². The van der Waals surface area contributed by atoms with Crippen molar-refractivity contribution >= 4 is 23.9 Å². The number of ether oxygens (including phenoxy) is 8. The van der Waals surface area contributed by atoms with Gasteiger partial charge in [-0.05, 0) is 0 Å². The van der Waals surface area contributed by atoms with Gasteiger partial charge in [0, 0.05) is 28.4 Å². The number of carboxylic acid groups (broad SMARTS) is 3. The van der Waals surface area contributed by atoms with E-state index in [9.17, 15) is 44.7 Å². The Morgan fingerprint density at radius 1 is 0.721 bits per heavy atom. The fourth-order valence-electron chi connectivity index (χ4n) is 3.77. The lowest BCUT2D eigenvalue weighted by Gasteiger charge is -2.41. The van der Waals surface area contributed by atoms with Gasteiger partial charge >= 0.3 is 11.9 Å². The molecule has 2 aliphatic heterocycles. The smallest absolute Gasteiger partial charge is 0.338 e. The third-order valence-corrected chi connectivity index (χ3v) is 6.13. The summed E-state index contributed by atoms with van der Waals surface area (Å²) in [5, 5.41) is 59.8. The number of aliphatic hydroxyl groups excluding tert-OH is 3. The van der Waals surface area contributed by atoms with Crippen molar-refractivity contribution in [2.75, 3.05) is 41.7 Å². The molecule has 2 fully saturated rings. The first-order chi connectivity index (χ1) is 19.7. The monoisotopic (exact) mass is 634 g/mol. The zero-order valence-electron chi connectivity index (χ0n) is 23.3. The maximum absolute atomic E-state index is 11.9. The Balaban J connectivity index is 0.000000802. The predicted molar refractivity (Wildman–Crippen MR) is 129 cm³/mol. The zero-order valence-corrected chi connectivity index (χ0v) is 23.3. The van der Waals surface area contributed by atoms with E-state index in [1.165, 1.54) is 28.4 Å². The minimum absolute atomic E-state index is 0. The van der Waals surface area contributed by atoms with Crippen LogP contribution >= 0.6 is 0 Å². The van der Waals surface area contributed by atoms with Crippen LogP contribution in [-0.2, 0) is 57.1 Å². The van der Waals surface area contributed by atoms with E-state index in [0.29, 0.717) is 0 Å². The van der Waals surface area contributed by atoms with Crippen LogP contribution in [0.5, 0.6) is 0 Å². The summed E-state index contributed by atoms with van der Waals surface area (Å²) in [6, 6.07) is -2.40. The van der Waals surface area contributed by atoms with Crippen molar-refractivity contribution in [3.8, 4) is 0 Å². The minimum atomic E-state index is -1.47. The Bertz CT molecular complexity index is 892. The van der Waals surface area contributed by atoms with E-state index in [4.69, 9.17) is 43.0 Å². The molecule has 2 rings (SSSR count). The van der Waals surface area contributed by atoms with Gasteiger partial charge in [0.2, 0.25) is 0 Å². The topological polar surface area (TPSA) is 324 Å². The van der Waals surface area contributed by atoms with Gasteiger partial charge in [-0.1, -0.05) is 7.43 Å². The molecule has 0 aromatic rings. The fraction of sp³-hybridized carbons (Fsp3) is 0.826. The summed E-state index contributed by atoms with van der Waals surface area (Å²) in [6.45, 7) is -0.880. The third-order valence-electron chi connectivity index (χ3n) is 6.13. The van der Waals surface area contributed by atoms with Gasteiger partial charge in [0.1, 0.15) is 67.8 Å². The van der Waals surface area contributed by atoms with Crippen LogP contribution in [-0.4, -0.2) is 159 Å². The number of carboxylic acids is 3. The molecule has 0 aromatic carbocycles. The Hall–Kier alpha value is -2.60. The van der Waals surface area contributed by atoms with E-state index in [2.05, 4.69) is 11.5 Å². The number of aliphatic hydroxyl groups is 3. The fourth-order valence-corrected chi connectivity index (χ4v) is 3.77. The van der Waals surface area contributed by atoms with Gasteiger partial charge in [0.05, 0.1) is 0 Å². The Kier molecular flexibility index (Phi) is 17.8. The molecule has 0 amide bonds. The quantitative estimate of drug-likeness (QED) is 0.102. The average molecular weight is 635 g/mol. The Morgan fingerprint density at radius 2 is 1.19 bits per heavy atom. The molecule has 20 heteroatoms. The van der Waals surface area contributed by atoms with E-state index in [0.717, 1.165) is 0 Å². The predicted octanol–water partition coefficient (Wildman–Crippen LogP) is -8.80. The highest BCUT2D eigenvalue weighted by Crippen LogP contribution is 2.26. The normalized spacial score (nSPS) is 33.5. The first kappa shape index (κ1) is 40.4. The van der Waals surface area contributed by atoms with E-state index >= 15 is 0 Å². The minimum Gasteiger partial charge on any atom is -0.544 e. The molecule has 0 radical (unpaired) electrons. The van der Waals surface area contributed by atoms with Crippen molar-refractivity contribution in [3.63, 3.8) is 0 Å². The van der Waals surface area contributed by atoms with Crippen molar-refractivity contribution in [1.29, 1.82) is 0 Å². The van der Waals surface area contributed by atoms with Gasteiger partial charge in [-0.15, -0.1) is 0 Å². The maximum Gasteiger partial charge on any atom is 0.338 e. The molecule has 0 aromatic heterocycles. The summed E-state index contributed by atoms with van der Waals surface area (Å²) >= 11 is 0. The molecule has 20 nitrogen and oxygen atoms in total. The van der Waals surface area contributed by atoms with Gasteiger partial charge < -0.3 is 89.6 Å². The first-order valence-corrected chi connectivity index (χ1v) is 12.2. The van der Waals surface area contributed by atoms with E-state index < -0.39 is 104 Å². The third kappa shape index (κ3) is 10.8. The Labute approximate surface area is 246 Å². The van der Waals surface area contributed by atoms with Gasteiger partial charge in [-0.25, -0.2) is 9.59 Å². The van der Waals surface area contributed by atoms with Crippen molar-refractivity contribution in [2.24, 2.45) is 0 Å². The zero-order chi connectivity index (χ0) is 32.3. The number of rotatable bonds is 13. The van der Waals surface area contributed by atoms with Gasteiger partial charge in [-0.2, -0.15) is 0 Å². The second kappa shape index (κ2) is 18.9. The number of hydrogen-bond donors (Lipinski definition) is 6. The molecule has 43 heavy (non-hydrogen) atoms. The van der Waals surface area contributed by atoms with E-state index in [-0.39, 0.29) is 14.0 Å². The summed E-state index contributed by atoms with van der Waals surface area (Å²) < 4.78 is 39.9. The average Bonchev–Trinajstić information content (AvgIpc) is 2.95. The number of esters is 1.